The molecule has 0 amide bonds. The Bertz CT molecular complexity index is 852. The van der Waals surface area contributed by atoms with Crippen molar-refractivity contribution in [1.29, 1.82) is 0 Å². The fraction of sp³-hybridized carbons (Fsp3) is 0.412. The molecule has 6 heteroatoms. The molecule has 0 atom stereocenters. The maximum absolute atomic E-state index is 12.0. The van der Waals surface area contributed by atoms with Gasteiger partial charge in [-0.1, -0.05) is 5.16 Å². The number of hydrogen-bond donors (Lipinski definition) is 1. The second kappa shape index (κ2) is 5.01. The summed E-state index contributed by atoms with van der Waals surface area (Å²) >= 11 is 0. The van der Waals surface area contributed by atoms with E-state index in [0.717, 1.165) is 42.8 Å². The molecule has 120 valence electrons. The standard InChI is InChI=1S/C17H19N3O3/c1-22-16-12(4-3-11-13(21)5-8-18-15(11)16)20-9-14(19-23-2)17(10-20)6-7-17/h3-5,8H,6-7,9-10H2,1-2H3,(H,18,21). The lowest BCUT2D eigenvalue weighted by molar-refractivity contribution is 0.211. The second-order valence-electron chi connectivity index (χ2n) is 6.24. The molecule has 1 N–H and O–H groups in total. The highest BCUT2D eigenvalue weighted by molar-refractivity contribution is 6.01. The SMILES string of the molecule is CON=C1CN(c2ccc3c(=O)cc[nH]c3c2OC)CC12CC2. The van der Waals surface area contributed by atoms with Crippen LogP contribution < -0.4 is 15.1 Å². The van der Waals surface area contributed by atoms with Crippen LogP contribution in [0.5, 0.6) is 5.75 Å². The summed E-state index contributed by atoms with van der Waals surface area (Å²) < 4.78 is 5.63. The van der Waals surface area contributed by atoms with Gasteiger partial charge in [-0.05, 0) is 25.0 Å². The van der Waals surface area contributed by atoms with E-state index in [1.807, 2.05) is 12.1 Å². The number of ether oxygens (including phenoxy) is 1. The topological polar surface area (TPSA) is 66.9 Å². The summed E-state index contributed by atoms with van der Waals surface area (Å²) in [4.78, 5) is 22.4. The van der Waals surface area contributed by atoms with Gasteiger partial charge in [0.15, 0.2) is 11.2 Å². The van der Waals surface area contributed by atoms with E-state index in [2.05, 4.69) is 15.0 Å². The maximum Gasteiger partial charge on any atom is 0.189 e. The van der Waals surface area contributed by atoms with Crippen molar-refractivity contribution in [3.05, 3.63) is 34.6 Å². The molecule has 23 heavy (non-hydrogen) atoms. The van der Waals surface area contributed by atoms with Crippen LogP contribution in [0, 0.1) is 5.41 Å². The average molecular weight is 313 g/mol. The first kappa shape index (κ1) is 14.1. The molecule has 2 aliphatic rings. The van der Waals surface area contributed by atoms with Crippen LogP contribution in [0.15, 0.2) is 34.3 Å². The van der Waals surface area contributed by atoms with E-state index in [1.54, 1.807) is 20.4 Å². The summed E-state index contributed by atoms with van der Waals surface area (Å²) in [5.41, 5.74) is 2.98. The number of hydrogen-bond acceptors (Lipinski definition) is 5. The summed E-state index contributed by atoms with van der Waals surface area (Å²) in [6.45, 7) is 1.64. The molecule has 0 radical (unpaired) electrons. The number of benzene rings is 1. The smallest absolute Gasteiger partial charge is 0.189 e. The van der Waals surface area contributed by atoms with Crippen molar-refractivity contribution >= 4 is 22.3 Å². The summed E-state index contributed by atoms with van der Waals surface area (Å²) in [6, 6.07) is 5.35. The third-order valence-electron chi connectivity index (χ3n) is 4.91. The highest BCUT2D eigenvalue weighted by atomic mass is 16.6. The lowest BCUT2D eigenvalue weighted by Gasteiger charge is -2.21. The fourth-order valence-corrected chi connectivity index (χ4v) is 3.53. The van der Waals surface area contributed by atoms with E-state index >= 15 is 0 Å². The molecule has 1 saturated heterocycles. The van der Waals surface area contributed by atoms with Crippen molar-refractivity contribution in [2.45, 2.75) is 12.8 Å². The van der Waals surface area contributed by atoms with Crippen LogP contribution in [-0.2, 0) is 4.84 Å². The van der Waals surface area contributed by atoms with E-state index in [9.17, 15) is 4.79 Å². The summed E-state index contributed by atoms with van der Waals surface area (Å²) in [6.07, 6.45) is 3.96. The minimum absolute atomic E-state index is 0.00896. The van der Waals surface area contributed by atoms with Crippen molar-refractivity contribution in [1.82, 2.24) is 4.98 Å². The van der Waals surface area contributed by atoms with E-state index in [4.69, 9.17) is 9.57 Å². The van der Waals surface area contributed by atoms with Gasteiger partial charge in [-0.25, -0.2) is 0 Å². The first-order chi connectivity index (χ1) is 11.2. The van der Waals surface area contributed by atoms with Crippen molar-refractivity contribution in [3.8, 4) is 5.75 Å². The number of aromatic nitrogens is 1. The fourth-order valence-electron chi connectivity index (χ4n) is 3.53. The average Bonchev–Trinajstić information content (AvgIpc) is 3.24. The molecule has 2 fully saturated rings. The monoisotopic (exact) mass is 313 g/mol. The normalized spacial score (nSPS) is 20.4. The van der Waals surface area contributed by atoms with Crippen LogP contribution in [0.25, 0.3) is 10.9 Å². The largest absolute Gasteiger partial charge is 0.492 e. The summed E-state index contributed by atoms with van der Waals surface area (Å²) in [7, 11) is 3.23. The molecule has 4 rings (SSSR count). The van der Waals surface area contributed by atoms with Gasteiger partial charge in [-0.2, -0.15) is 0 Å². The predicted molar refractivity (Wildman–Crippen MR) is 89.4 cm³/mol. The van der Waals surface area contributed by atoms with Crippen LogP contribution in [0.1, 0.15) is 12.8 Å². The number of anilines is 1. The molecule has 0 bridgehead atoms. The second-order valence-corrected chi connectivity index (χ2v) is 6.24. The molecule has 6 nitrogen and oxygen atoms in total. The molecule has 1 saturated carbocycles. The number of pyridine rings is 1. The zero-order chi connectivity index (χ0) is 16.0. The number of nitrogens with zero attached hydrogens (tertiary/aromatic N) is 2. The van der Waals surface area contributed by atoms with Crippen LogP contribution in [0.4, 0.5) is 5.69 Å². The van der Waals surface area contributed by atoms with Crippen LogP contribution >= 0.6 is 0 Å². The molecule has 1 aliphatic heterocycles. The van der Waals surface area contributed by atoms with Gasteiger partial charge in [-0.15, -0.1) is 0 Å². The lowest BCUT2D eigenvalue weighted by Crippen LogP contribution is -2.21. The highest BCUT2D eigenvalue weighted by Crippen LogP contribution is 2.52. The Hall–Kier alpha value is -2.50. The molecule has 1 aliphatic carbocycles. The summed E-state index contributed by atoms with van der Waals surface area (Å²) in [5.74, 6) is 0.703. The van der Waals surface area contributed by atoms with E-state index < -0.39 is 0 Å². The van der Waals surface area contributed by atoms with Crippen LogP contribution in [-0.4, -0.2) is 38.0 Å². The van der Waals surface area contributed by atoms with Crippen molar-refractivity contribution in [3.63, 3.8) is 0 Å². The van der Waals surface area contributed by atoms with Crippen LogP contribution in [0.2, 0.25) is 0 Å². The highest BCUT2D eigenvalue weighted by Gasteiger charge is 2.54. The van der Waals surface area contributed by atoms with Gasteiger partial charge >= 0.3 is 0 Å². The van der Waals surface area contributed by atoms with E-state index in [0.29, 0.717) is 11.1 Å². The van der Waals surface area contributed by atoms with Gasteiger partial charge in [0.05, 0.1) is 30.6 Å². The Morgan fingerprint density at radius 1 is 1.26 bits per heavy atom. The molecular formula is C17H19N3O3. The quantitative estimate of drug-likeness (QED) is 0.882. The molecule has 1 aromatic carbocycles. The molecule has 2 heterocycles. The molecule has 0 unspecified atom stereocenters. The molecular weight excluding hydrogens is 294 g/mol. The van der Waals surface area contributed by atoms with Crippen molar-refractivity contribution in [2.24, 2.45) is 10.6 Å². The Morgan fingerprint density at radius 2 is 2.09 bits per heavy atom. The third kappa shape index (κ3) is 2.09. The number of rotatable bonds is 3. The Morgan fingerprint density at radius 3 is 2.78 bits per heavy atom. The molecule has 1 spiro atoms. The summed E-state index contributed by atoms with van der Waals surface area (Å²) in [5, 5.41) is 4.86. The minimum atomic E-state index is -0.00896. The van der Waals surface area contributed by atoms with E-state index in [-0.39, 0.29) is 10.8 Å². The maximum atomic E-state index is 12.0. The van der Waals surface area contributed by atoms with Crippen LogP contribution in [0.3, 0.4) is 0 Å². The van der Waals surface area contributed by atoms with Gasteiger partial charge in [-0.3, -0.25) is 4.79 Å². The van der Waals surface area contributed by atoms with Gasteiger partial charge in [0.1, 0.15) is 7.11 Å². The van der Waals surface area contributed by atoms with Crippen molar-refractivity contribution < 1.29 is 9.57 Å². The zero-order valence-corrected chi connectivity index (χ0v) is 13.3. The van der Waals surface area contributed by atoms with Gasteiger partial charge < -0.3 is 19.5 Å². The van der Waals surface area contributed by atoms with Gasteiger partial charge in [0.25, 0.3) is 0 Å². The third-order valence-corrected chi connectivity index (χ3v) is 4.91. The first-order valence-corrected chi connectivity index (χ1v) is 7.72. The first-order valence-electron chi connectivity index (χ1n) is 7.72. The Kier molecular flexibility index (Phi) is 3.07. The van der Waals surface area contributed by atoms with E-state index in [1.165, 1.54) is 6.07 Å². The van der Waals surface area contributed by atoms with Gasteiger partial charge in [0.2, 0.25) is 0 Å². The predicted octanol–water partition coefficient (Wildman–Crippen LogP) is 2.14. The van der Waals surface area contributed by atoms with Crippen molar-refractivity contribution in [2.75, 3.05) is 32.2 Å². The number of aromatic amines is 1. The Balaban J connectivity index is 1.81. The number of nitrogens with one attached hydrogen (secondary N) is 1. The number of oxime groups is 1. The zero-order valence-electron chi connectivity index (χ0n) is 13.3. The molecule has 2 aromatic rings. The lowest BCUT2D eigenvalue weighted by atomic mass is 10.1. The number of methoxy groups -OCH3 is 1. The number of fused-ring (bicyclic) bond motifs is 1. The minimum Gasteiger partial charge on any atom is -0.492 e. The molecule has 1 aromatic heterocycles. The Labute approximate surface area is 133 Å². The number of H-pyrrole nitrogens is 1. The van der Waals surface area contributed by atoms with Gasteiger partial charge in [0, 0.05) is 29.6 Å².